The maximum absolute atomic E-state index is 13.1. The van der Waals surface area contributed by atoms with Crippen molar-refractivity contribution in [1.29, 1.82) is 0 Å². The monoisotopic (exact) mass is 260 g/mol. The van der Waals surface area contributed by atoms with Crippen LogP contribution in [0.4, 0.5) is 10.2 Å². The lowest BCUT2D eigenvalue weighted by Crippen LogP contribution is -2.09. The Morgan fingerprint density at radius 2 is 2.16 bits per heavy atom. The van der Waals surface area contributed by atoms with Gasteiger partial charge in [-0.2, -0.15) is 0 Å². The fourth-order valence-electron chi connectivity index (χ4n) is 1.72. The second-order valence-electron chi connectivity index (χ2n) is 4.16. The first-order valence-electron chi connectivity index (χ1n) is 5.77. The number of carboxylic acids is 1. The number of anilines is 1. The molecule has 2 N–H and O–H groups in total. The quantitative estimate of drug-likeness (QED) is 0.886. The molecule has 0 spiro atoms. The SMILES string of the molecule is CC(Nc1cc(C(=O)O)ccn1)c1cccc(F)c1. The van der Waals surface area contributed by atoms with E-state index in [4.69, 9.17) is 5.11 Å². The second-order valence-corrected chi connectivity index (χ2v) is 4.16. The molecule has 4 nitrogen and oxygen atoms in total. The highest BCUT2D eigenvalue weighted by atomic mass is 19.1. The van der Waals surface area contributed by atoms with E-state index in [0.29, 0.717) is 5.82 Å². The molecule has 0 bridgehead atoms. The Morgan fingerprint density at radius 3 is 2.84 bits per heavy atom. The number of benzene rings is 1. The number of aromatic nitrogens is 1. The van der Waals surface area contributed by atoms with Gasteiger partial charge in [0.15, 0.2) is 0 Å². The fraction of sp³-hybridized carbons (Fsp3) is 0.143. The summed E-state index contributed by atoms with van der Waals surface area (Å²) < 4.78 is 13.1. The third-order valence-electron chi connectivity index (χ3n) is 2.72. The van der Waals surface area contributed by atoms with E-state index in [-0.39, 0.29) is 17.4 Å². The summed E-state index contributed by atoms with van der Waals surface area (Å²) in [6, 6.07) is 8.91. The third-order valence-corrected chi connectivity index (χ3v) is 2.72. The molecule has 0 saturated carbocycles. The van der Waals surface area contributed by atoms with Crippen LogP contribution < -0.4 is 5.32 Å². The zero-order valence-electron chi connectivity index (χ0n) is 10.3. The number of hydrogen-bond acceptors (Lipinski definition) is 3. The molecule has 1 heterocycles. The van der Waals surface area contributed by atoms with Gasteiger partial charge >= 0.3 is 5.97 Å². The van der Waals surface area contributed by atoms with Crippen LogP contribution in [0.5, 0.6) is 0 Å². The van der Waals surface area contributed by atoms with Crippen LogP contribution in [0.15, 0.2) is 42.6 Å². The second kappa shape index (κ2) is 5.48. The van der Waals surface area contributed by atoms with Crippen molar-refractivity contribution >= 4 is 11.8 Å². The fourth-order valence-corrected chi connectivity index (χ4v) is 1.72. The van der Waals surface area contributed by atoms with E-state index in [0.717, 1.165) is 5.56 Å². The Bertz CT molecular complexity index is 602. The number of carbonyl (C=O) groups is 1. The van der Waals surface area contributed by atoms with E-state index >= 15 is 0 Å². The summed E-state index contributed by atoms with van der Waals surface area (Å²) in [5, 5.41) is 11.9. The molecule has 0 aliphatic heterocycles. The lowest BCUT2D eigenvalue weighted by Gasteiger charge is -2.15. The van der Waals surface area contributed by atoms with E-state index in [1.807, 2.05) is 6.92 Å². The Morgan fingerprint density at radius 1 is 1.37 bits per heavy atom. The molecule has 0 aliphatic rings. The summed E-state index contributed by atoms with van der Waals surface area (Å²) in [7, 11) is 0. The summed E-state index contributed by atoms with van der Waals surface area (Å²) in [5.74, 6) is -0.876. The molecule has 0 saturated heterocycles. The average molecular weight is 260 g/mol. The molecule has 19 heavy (non-hydrogen) atoms. The largest absolute Gasteiger partial charge is 0.478 e. The highest BCUT2D eigenvalue weighted by Crippen LogP contribution is 2.19. The lowest BCUT2D eigenvalue weighted by molar-refractivity contribution is 0.0697. The number of aromatic carboxylic acids is 1. The number of carboxylic acid groups (broad SMARTS) is 1. The van der Waals surface area contributed by atoms with Gasteiger partial charge in [-0.3, -0.25) is 0 Å². The first-order chi connectivity index (χ1) is 9.06. The van der Waals surface area contributed by atoms with Crippen molar-refractivity contribution in [2.24, 2.45) is 0 Å². The van der Waals surface area contributed by atoms with Crippen LogP contribution in [-0.2, 0) is 0 Å². The van der Waals surface area contributed by atoms with Gasteiger partial charge in [0.2, 0.25) is 0 Å². The number of nitrogens with zero attached hydrogens (tertiary/aromatic N) is 1. The summed E-state index contributed by atoms with van der Waals surface area (Å²) in [6.45, 7) is 1.85. The van der Waals surface area contributed by atoms with Crippen molar-refractivity contribution in [2.75, 3.05) is 5.32 Å². The molecule has 1 unspecified atom stereocenters. The molecule has 0 fully saturated rings. The van der Waals surface area contributed by atoms with Crippen molar-refractivity contribution < 1.29 is 14.3 Å². The molecule has 2 rings (SSSR count). The minimum Gasteiger partial charge on any atom is -0.478 e. The molecule has 98 valence electrons. The number of halogens is 1. The maximum atomic E-state index is 13.1. The first kappa shape index (κ1) is 13.0. The molecule has 2 aromatic rings. The van der Waals surface area contributed by atoms with Gasteiger partial charge in [0.25, 0.3) is 0 Å². The van der Waals surface area contributed by atoms with Crippen molar-refractivity contribution in [3.63, 3.8) is 0 Å². The van der Waals surface area contributed by atoms with Crippen LogP contribution in [0, 0.1) is 5.82 Å². The summed E-state index contributed by atoms with van der Waals surface area (Å²) in [4.78, 5) is 14.9. The molecular weight excluding hydrogens is 247 g/mol. The minimum absolute atomic E-state index is 0.156. The number of nitrogens with one attached hydrogen (secondary N) is 1. The molecule has 0 aliphatic carbocycles. The lowest BCUT2D eigenvalue weighted by atomic mass is 10.1. The molecule has 5 heteroatoms. The van der Waals surface area contributed by atoms with Crippen molar-refractivity contribution in [2.45, 2.75) is 13.0 Å². The predicted molar refractivity (Wildman–Crippen MR) is 69.6 cm³/mol. The molecular formula is C14H13FN2O2. The maximum Gasteiger partial charge on any atom is 0.335 e. The zero-order valence-corrected chi connectivity index (χ0v) is 10.3. The van der Waals surface area contributed by atoms with Gasteiger partial charge in [-0.15, -0.1) is 0 Å². The Labute approximate surface area is 109 Å². The highest BCUT2D eigenvalue weighted by molar-refractivity contribution is 5.88. The van der Waals surface area contributed by atoms with Gasteiger partial charge in [0.05, 0.1) is 11.6 Å². The van der Waals surface area contributed by atoms with Gasteiger partial charge in [-0.25, -0.2) is 14.2 Å². The normalized spacial score (nSPS) is 11.9. The van der Waals surface area contributed by atoms with Gasteiger partial charge in [0.1, 0.15) is 11.6 Å². The summed E-state index contributed by atoms with van der Waals surface area (Å²) in [6.07, 6.45) is 1.42. The van der Waals surface area contributed by atoms with Gasteiger partial charge in [-0.1, -0.05) is 12.1 Å². The topological polar surface area (TPSA) is 62.2 Å². The van der Waals surface area contributed by atoms with Crippen LogP contribution in [0.1, 0.15) is 28.9 Å². The van der Waals surface area contributed by atoms with Crippen LogP contribution in [0.2, 0.25) is 0 Å². The number of rotatable bonds is 4. The van der Waals surface area contributed by atoms with E-state index in [9.17, 15) is 9.18 Å². The van der Waals surface area contributed by atoms with E-state index in [1.54, 1.807) is 12.1 Å². The van der Waals surface area contributed by atoms with Crippen LogP contribution in [0.25, 0.3) is 0 Å². The van der Waals surface area contributed by atoms with Gasteiger partial charge in [0, 0.05) is 6.20 Å². The van der Waals surface area contributed by atoms with E-state index in [2.05, 4.69) is 10.3 Å². The van der Waals surface area contributed by atoms with E-state index in [1.165, 1.54) is 30.5 Å². The molecule has 0 radical (unpaired) electrons. The zero-order chi connectivity index (χ0) is 13.8. The Balaban J connectivity index is 2.17. The van der Waals surface area contributed by atoms with Gasteiger partial charge < -0.3 is 10.4 Å². The van der Waals surface area contributed by atoms with Crippen molar-refractivity contribution in [3.8, 4) is 0 Å². The summed E-state index contributed by atoms with van der Waals surface area (Å²) in [5.41, 5.74) is 0.923. The summed E-state index contributed by atoms with van der Waals surface area (Å²) >= 11 is 0. The van der Waals surface area contributed by atoms with E-state index < -0.39 is 5.97 Å². The highest BCUT2D eigenvalue weighted by Gasteiger charge is 2.09. The number of pyridine rings is 1. The first-order valence-corrected chi connectivity index (χ1v) is 5.77. The third kappa shape index (κ3) is 3.28. The average Bonchev–Trinajstić information content (AvgIpc) is 2.39. The van der Waals surface area contributed by atoms with Crippen LogP contribution in [0.3, 0.4) is 0 Å². The van der Waals surface area contributed by atoms with Gasteiger partial charge in [-0.05, 0) is 36.8 Å². The Kier molecular flexibility index (Phi) is 3.75. The van der Waals surface area contributed by atoms with Crippen LogP contribution in [-0.4, -0.2) is 16.1 Å². The standard InChI is InChI=1S/C14H13FN2O2/c1-9(10-3-2-4-12(15)7-10)17-13-8-11(14(18)19)5-6-16-13/h2-9H,1H3,(H,16,17)(H,18,19). The number of hydrogen-bond donors (Lipinski definition) is 2. The Hall–Kier alpha value is -2.43. The minimum atomic E-state index is -1.01. The molecule has 1 aromatic carbocycles. The van der Waals surface area contributed by atoms with Crippen LogP contribution >= 0.6 is 0 Å². The molecule has 0 amide bonds. The smallest absolute Gasteiger partial charge is 0.335 e. The molecule has 1 atom stereocenters. The molecule has 1 aromatic heterocycles. The predicted octanol–water partition coefficient (Wildman–Crippen LogP) is 3.09. The van der Waals surface area contributed by atoms with Crippen molar-refractivity contribution in [3.05, 3.63) is 59.5 Å². The van der Waals surface area contributed by atoms with Crippen molar-refractivity contribution in [1.82, 2.24) is 4.98 Å².